The predicted molar refractivity (Wildman–Crippen MR) is 74.3 cm³/mol. The van der Waals surface area contributed by atoms with Crippen molar-refractivity contribution < 1.29 is 9.90 Å². The van der Waals surface area contributed by atoms with E-state index >= 15 is 0 Å². The largest absolute Gasteiger partial charge is 0.394 e. The molecule has 0 saturated carbocycles. The maximum atomic E-state index is 12.3. The molecular weight excluding hydrogens is 254 g/mol. The Hall–Kier alpha value is -2.14. The summed E-state index contributed by atoms with van der Waals surface area (Å²) in [5.74, 6) is -0.229. The van der Waals surface area contributed by atoms with Gasteiger partial charge in [-0.25, -0.2) is 0 Å². The molecular formula is C15H17N3O2. The van der Waals surface area contributed by atoms with Crippen LogP contribution in [0.5, 0.6) is 0 Å². The van der Waals surface area contributed by atoms with Crippen LogP contribution in [0.15, 0.2) is 30.3 Å². The molecule has 104 valence electrons. The van der Waals surface area contributed by atoms with E-state index in [0.717, 1.165) is 36.1 Å². The molecule has 0 aliphatic heterocycles. The first-order valence-electron chi connectivity index (χ1n) is 6.82. The lowest BCUT2D eigenvalue weighted by atomic mass is 10.1. The molecule has 5 nitrogen and oxygen atoms in total. The fraction of sp³-hybridized carbons (Fsp3) is 0.333. The first kappa shape index (κ1) is 12.9. The Labute approximate surface area is 117 Å². The maximum absolute atomic E-state index is 12.3. The van der Waals surface area contributed by atoms with Crippen LogP contribution in [0, 0.1) is 0 Å². The fourth-order valence-corrected chi connectivity index (χ4v) is 2.65. The fourth-order valence-electron chi connectivity index (χ4n) is 2.65. The molecule has 1 aromatic carbocycles. The maximum Gasteiger partial charge on any atom is 0.272 e. The Morgan fingerprint density at radius 2 is 2.15 bits per heavy atom. The quantitative estimate of drug-likeness (QED) is 0.785. The number of hydrogen-bond acceptors (Lipinski definition) is 3. The summed E-state index contributed by atoms with van der Waals surface area (Å²) in [7, 11) is 0. The van der Waals surface area contributed by atoms with Crippen molar-refractivity contribution in [3.8, 4) is 0 Å². The SMILES string of the molecule is O=C(N[C@H](CO)c1ccccc1)c1n[nH]c2c1CCC2. The zero-order valence-electron chi connectivity index (χ0n) is 11.1. The van der Waals surface area contributed by atoms with E-state index in [2.05, 4.69) is 15.5 Å². The second kappa shape index (κ2) is 5.46. The van der Waals surface area contributed by atoms with E-state index in [1.165, 1.54) is 0 Å². The van der Waals surface area contributed by atoms with E-state index in [1.54, 1.807) is 0 Å². The number of rotatable bonds is 4. The van der Waals surface area contributed by atoms with Crippen molar-refractivity contribution in [2.75, 3.05) is 6.61 Å². The number of fused-ring (bicyclic) bond motifs is 1. The Kier molecular flexibility index (Phi) is 3.52. The van der Waals surface area contributed by atoms with Crippen LogP contribution in [-0.4, -0.2) is 27.8 Å². The summed E-state index contributed by atoms with van der Waals surface area (Å²) in [4.78, 5) is 12.3. The topological polar surface area (TPSA) is 78.0 Å². The molecule has 0 bridgehead atoms. The van der Waals surface area contributed by atoms with Crippen molar-refractivity contribution in [2.24, 2.45) is 0 Å². The molecule has 1 aliphatic carbocycles. The number of carbonyl (C=O) groups is 1. The second-order valence-electron chi connectivity index (χ2n) is 5.00. The molecule has 3 N–H and O–H groups in total. The van der Waals surface area contributed by atoms with Crippen LogP contribution < -0.4 is 5.32 Å². The van der Waals surface area contributed by atoms with Crippen LogP contribution in [0.4, 0.5) is 0 Å². The Bertz CT molecular complexity index is 607. The highest BCUT2D eigenvalue weighted by Crippen LogP contribution is 2.23. The number of benzene rings is 1. The van der Waals surface area contributed by atoms with Crippen molar-refractivity contribution in [3.05, 3.63) is 52.8 Å². The number of nitrogens with zero attached hydrogens (tertiary/aromatic N) is 1. The van der Waals surface area contributed by atoms with Crippen LogP contribution in [0.1, 0.15) is 39.8 Å². The molecule has 1 aromatic heterocycles. The van der Waals surface area contributed by atoms with Crippen molar-refractivity contribution in [1.82, 2.24) is 15.5 Å². The number of aliphatic hydroxyl groups excluding tert-OH is 1. The van der Waals surface area contributed by atoms with Gasteiger partial charge in [-0.05, 0) is 24.8 Å². The second-order valence-corrected chi connectivity index (χ2v) is 5.00. The smallest absolute Gasteiger partial charge is 0.272 e. The van der Waals surface area contributed by atoms with Gasteiger partial charge in [0.1, 0.15) is 0 Å². The third kappa shape index (κ3) is 2.32. The minimum atomic E-state index is -0.405. The number of amides is 1. The zero-order valence-corrected chi connectivity index (χ0v) is 11.1. The van der Waals surface area contributed by atoms with Crippen LogP contribution in [0.3, 0.4) is 0 Å². The van der Waals surface area contributed by atoms with E-state index in [0.29, 0.717) is 5.69 Å². The summed E-state index contributed by atoms with van der Waals surface area (Å²) < 4.78 is 0. The standard InChI is InChI=1S/C15H17N3O2/c19-9-13(10-5-2-1-3-6-10)16-15(20)14-11-7-4-8-12(11)17-18-14/h1-3,5-6,13,19H,4,7-9H2,(H,16,20)(H,17,18)/t13-/m1/s1. The highest BCUT2D eigenvalue weighted by atomic mass is 16.3. The molecule has 1 atom stereocenters. The third-order valence-corrected chi connectivity index (χ3v) is 3.71. The summed E-state index contributed by atoms with van der Waals surface area (Å²) in [6, 6.07) is 9.04. The van der Waals surface area contributed by atoms with Gasteiger partial charge in [0, 0.05) is 11.3 Å². The van der Waals surface area contributed by atoms with Crippen molar-refractivity contribution in [3.63, 3.8) is 0 Å². The molecule has 1 amide bonds. The summed E-state index contributed by atoms with van der Waals surface area (Å²) in [6.45, 7) is -0.137. The molecule has 1 heterocycles. The Morgan fingerprint density at radius 3 is 2.90 bits per heavy atom. The normalized spacial score (nSPS) is 14.8. The van der Waals surface area contributed by atoms with E-state index in [9.17, 15) is 9.90 Å². The van der Waals surface area contributed by atoms with Gasteiger partial charge in [0.15, 0.2) is 5.69 Å². The average molecular weight is 271 g/mol. The molecule has 0 spiro atoms. The van der Waals surface area contributed by atoms with Gasteiger partial charge in [-0.1, -0.05) is 30.3 Å². The lowest BCUT2D eigenvalue weighted by Crippen LogP contribution is -2.31. The number of aliphatic hydroxyl groups is 1. The lowest BCUT2D eigenvalue weighted by Gasteiger charge is -2.16. The molecule has 20 heavy (non-hydrogen) atoms. The van der Waals surface area contributed by atoms with Crippen molar-refractivity contribution in [2.45, 2.75) is 25.3 Å². The number of aromatic nitrogens is 2. The number of carbonyl (C=O) groups excluding carboxylic acids is 1. The van der Waals surface area contributed by atoms with E-state index < -0.39 is 6.04 Å². The molecule has 0 fully saturated rings. The predicted octanol–water partition coefficient (Wildman–Crippen LogP) is 1.36. The van der Waals surface area contributed by atoms with Gasteiger partial charge in [-0.2, -0.15) is 5.10 Å². The average Bonchev–Trinajstić information content (AvgIpc) is 3.08. The van der Waals surface area contributed by atoms with Gasteiger partial charge >= 0.3 is 0 Å². The Balaban J connectivity index is 1.77. The van der Waals surface area contributed by atoms with E-state index in [4.69, 9.17) is 0 Å². The highest BCUT2D eigenvalue weighted by Gasteiger charge is 2.24. The molecule has 5 heteroatoms. The monoisotopic (exact) mass is 271 g/mol. The minimum absolute atomic E-state index is 0.137. The van der Waals surface area contributed by atoms with Gasteiger partial charge in [-0.15, -0.1) is 0 Å². The molecule has 2 aromatic rings. The summed E-state index contributed by atoms with van der Waals surface area (Å²) in [5.41, 5.74) is 3.44. The van der Waals surface area contributed by atoms with Gasteiger partial charge in [0.25, 0.3) is 5.91 Å². The number of hydrogen-bond donors (Lipinski definition) is 3. The molecule has 0 saturated heterocycles. The number of H-pyrrole nitrogens is 1. The van der Waals surface area contributed by atoms with Crippen molar-refractivity contribution in [1.29, 1.82) is 0 Å². The van der Waals surface area contributed by atoms with Crippen molar-refractivity contribution >= 4 is 5.91 Å². The molecule has 1 aliphatic rings. The van der Waals surface area contributed by atoms with Crippen LogP contribution in [0.25, 0.3) is 0 Å². The molecule has 3 rings (SSSR count). The summed E-state index contributed by atoms with van der Waals surface area (Å²) >= 11 is 0. The number of nitrogens with one attached hydrogen (secondary N) is 2. The van der Waals surface area contributed by atoms with Gasteiger partial charge < -0.3 is 10.4 Å². The first-order valence-corrected chi connectivity index (χ1v) is 6.82. The zero-order chi connectivity index (χ0) is 13.9. The number of aromatic amines is 1. The third-order valence-electron chi connectivity index (χ3n) is 3.71. The Morgan fingerprint density at radius 1 is 1.35 bits per heavy atom. The van der Waals surface area contributed by atoms with E-state index in [1.807, 2.05) is 30.3 Å². The van der Waals surface area contributed by atoms with Crippen LogP contribution >= 0.6 is 0 Å². The van der Waals surface area contributed by atoms with Gasteiger partial charge in [0.2, 0.25) is 0 Å². The summed E-state index contributed by atoms with van der Waals surface area (Å²) in [6.07, 6.45) is 2.91. The highest BCUT2D eigenvalue weighted by molar-refractivity contribution is 5.94. The molecule has 0 radical (unpaired) electrons. The lowest BCUT2D eigenvalue weighted by molar-refractivity contribution is 0.0910. The van der Waals surface area contributed by atoms with Gasteiger partial charge in [-0.3, -0.25) is 9.89 Å². The number of aryl methyl sites for hydroxylation is 1. The van der Waals surface area contributed by atoms with Crippen LogP contribution in [0.2, 0.25) is 0 Å². The minimum Gasteiger partial charge on any atom is -0.394 e. The van der Waals surface area contributed by atoms with Gasteiger partial charge in [0.05, 0.1) is 12.6 Å². The molecule has 0 unspecified atom stereocenters. The van der Waals surface area contributed by atoms with Crippen LogP contribution in [-0.2, 0) is 12.8 Å². The van der Waals surface area contributed by atoms with E-state index in [-0.39, 0.29) is 12.5 Å². The first-order chi connectivity index (χ1) is 9.79. The summed E-state index contributed by atoms with van der Waals surface area (Å²) in [5, 5.41) is 19.3.